The number of rotatable bonds is 8. The fraction of sp³-hybridized carbons (Fsp3) is 0.467. The molecule has 1 aromatic rings. The van der Waals surface area contributed by atoms with Crippen LogP contribution in [-0.2, 0) is 4.79 Å². The van der Waals surface area contributed by atoms with Crippen molar-refractivity contribution >= 4 is 11.9 Å². The van der Waals surface area contributed by atoms with Gasteiger partial charge in [-0.2, -0.15) is 0 Å². The van der Waals surface area contributed by atoms with E-state index in [0.29, 0.717) is 23.5 Å². The lowest BCUT2D eigenvalue weighted by molar-refractivity contribution is -0.139. The summed E-state index contributed by atoms with van der Waals surface area (Å²) < 4.78 is 10.2. The van der Waals surface area contributed by atoms with Crippen molar-refractivity contribution in [2.75, 3.05) is 14.2 Å². The zero-order chi connectivity index (χ0) is 15.8. The van der Waals surface area contributed by atoms with E-state index in [1.807, 2.05) is 6.92 Å². The molecule has 0 aliphatic heterocycles. The Balaban J connectivity index is 2.88. The highest BCUT2D eigenvalue weighted by molar-refractivity contribution is 5.97. The molecule has 0 saturated carbocycles. The molecular formula is C15H21NO5. The van der Waals surface area contributed by atoms with Crippen molar-refractivity contribution in [3.63, 3.8) is 0 Å². The first-order chi connectivity index (χ1) is 10.0. The number of hydrogen-bond acceptors (Lipinski definition) is 4. The van der Waals surface area contributed by atoms with E-state index >= 15 is 0 Å². The number of hydrogen-bond donors (Lipinski definition) is 2. The van der Waals surface area contributed by atoms with Crippen LogP contribution in [0.15, 0.2) is 18.2 Å². The summed E-state index contributed by atoms with van der Waals surface area (Å²) in [4.78, 5) is 23.3. The zero-order valence-corrected chi connectivity index (χ0v) is 12.5. The molecular weight excluding hydrogens is 274 g/mol. The molecule has 116 valence electrons. The predicted molar refractivity (Wildman–Crippen MR) is 78.0 cm³/mol. The van der Waals surface area contributed by atoms with Crippen LogP contribution in [0, 0.1) is 0 Å². The first-order valence-electron chi connectivity index (χ1n) is 6.78. The second-order valence-corrected chi connectivity index (χ2v) is 4.61. The van der Waals surface area contributed by atoms with Gasteiger partial charge in [0.15, 0.2) is 0 Å². The first-order valence-corrected chi connectivity index (χ1v) is 6.78. The van der Waals surface area contributed by atoms with Crippen LogP contribution in [0.25, 0.3) is 0 Å². The fourth-order valence-corrected chi connectivity index (χ4v) is 1.85. The van der Waals surface area contributed by atoms with Crippen LogP contribution in [0.2, 0.25) is 0 Å². The minimum Gasteiger partial charge on any atom is -0.497 e. The summed E-state index contributed by atoms with van der Waals surface area (Å²) in [6.45, 7) is 1.97. The van der Waals surface area contributed by atoms with Crippen LogP contribution < -0.4 is 14.8 Å². The van der Waals surface area contributed by atoms with Crippen molar-refractivity contribution < 1.29 is 24.2 Å². The minimum atomic E-state index is -1.04. The van der Waals surface area contributed by atoms with E-state index in [2.05, 4.69) is 5.32 Å². The SMILES string of the molecule is CCCC[C@H](NC(=O)c1cc(OC)cc(OC)c1)C(=O)O. The highest BCUT2D eigenvalue weighted by Gasteiger charge is 2.20. The molecule has 21 heavy (non-hydrogen) atoms. The maximum Gasteiger partial charge on any atom is 0.326 e. The zero-order valence-electron chi connectivity index (χ0n) is 12.5. The molecule has 0 radical (unpaired) electrons. The molecule has 1 atom stereocenters. The van der Waals surface area contributed by atoms with E-state index in [-0.39, 0.29) is 0 Å². The third-order valence-electron chi connectivity index (χ3n) is 3.06. The van der Waals surface area contributed by atoms with Crippen molar-refractivity contribution in [2.45, 2.75) is 32.2 Å². The van der Waals surface area contributed by atoms with Gasteiger partial charge in [0.2, 0.25) is 0 Å². The molecule has 1 aromatic carbocycles. The lowest BCUT2D eigenvalue weighted by Gasteiger charge is -2.15. The van der Waals surface area contributed by atoms with Crippen LogP contribution in [0.1, 0.15) is 36.5 Å². The van der Waals surface area contributed by atoms with Gasteiger partial charge in [-0.3, -0.25) is 4.79 Å². The molecule has 0 saturated heterocycles. The standard InChI is InChI=1S/C15H21NO5/c1-4-5-6-13(15(18)19)16-14(17)10-7-11(20-2)9-12(8-10)21-3/h7-9,13H,4-6H2,1-3H3,(H,16,17)(H,18,19)/t13-/m0/s1. The van der Waals surface area contributed by atoms with E-state index < -0.39 is 17.9 Å². The van der Waals surface area contributed by atoms with E-state index in [4.69, 9.17) is 14.6 Å². The van der Waals surface area contributed by atoms with E-state index in [1.54, 1.807) is 6.07 Å². The molecule has 1 rings (SSSR count). The monoisotopic (exact) mass is 295 g/mol. The lowest BCUT2D eigenvalue weighted by Crippen LogP contribution is -2.40. The Morgan fingerprint density at radius 3 is 2.19 bits per heavy atom. The van der Waals surface area contributed by atoms with Gasteiger partial charge in [0.25, 0.3) is 5.91 Å². The smallest absolute Gasteiger partial charge is 0.326 e. The molecule has 0 bridgehead atoms. The van der Waals surface area contributed by atoms with Crippen molar-refractivity contribution in [3.8, 4) is 11.5 Å². The number of benzene rings is 1. The quantitative estimate of drug-likeness (QED) is 0.767. The van der Waals surface area contributed by atoms with Crippen LogP contribution in [0.4, 0.5) is 0 Å². The highest BCUT2D eigenvalue weighted by atomic mass is 16.5. The van der Waals surface area contributed by atoms with Crippen LogP contribution in [0.5, 0.6) is 11.5 Å². The van der Waals surface area contributed by atoms with E-state index in [1.165, 1.54) is 26.4 Å². The average Bonchev–Trinajstić information content (AvgIpc) is 2.50. The van der Waals surface area contributed by atoms with E-state index in [0.717, 1.165) is 12.8 Å². The Kier molecular flexibility index (Phi) is 6.52. The molecule has 0 spiro atoms. The number of ether oxygens (including phenoxy) is 2. The number of carboxylic acid groups (broad SMARTS) is 1. The summed E-state index contributed by atoms with van der Waals surface area (Å²) >= 11 is 0. The first kappa shape index (κ1) is 16.8. The summed E-state index contributed by atoms with van der Waals surface area (Å²) in [6, 6.07) is 3.82. The van der Waals surface area contributed by atoms with Gasteiger partial charge in [-0.1, -0.05) is 19.8 Å². The molecule has 6 nitrogen and oxygen atoms in total. The Labute approximate surface area is 124 Å². The normalized spacial score (nSPS) is 11.6. The lowest BCUT2D eigenvalue weighted by atomic mass is 10.1. The topological polar surface area (TPSA) is 84.9 Å². The number of carbonyl (C=O) groups excluding carboxylic acids is 1. The fourth-order valence-electron chi connectivity index (χ4n) is 1.85. The summed E-state index contributed by atoms with van der Waals surface area (Å²) in [5.41, 5.74) is 0.300. The number of carboxylic acids is 1. The third-order valence-corrected chi connectivity index (χ3v) is 3.06. The molecule has 0 aliphatic rings. The number of methoxy groups -OCH3 is 2. The number of unbranched alkanes of at least 4 members (excludes halogenated alkanes) is 1. The second-order valence-electron chi connectivity index (χ2n) is 4.61. The van der Waals surface area contributed by atoms with Gasteiger partial charge in [-0.15, -0.1) is 0 Å². The Morgan fingerprint density at radius 2 is 1.76 bits per heavy atom. The largest absolute Gasteiger partial charge is 0.497 e. The van der Waals surface area contributed by atoms with Gasteiger partial charge in [0, 0.05) is 11.6 Å². The summed E-state index contributed by atoms with van der Waals surface area (Å²) in [5.74, 6) is -0.553. The highest BCUT2D eigenvalue weighted by Crippen LogP contribution is 2.22. The molecule has 0 heterocycles. The summed E-state index contributed by atoms with van der Waals surface area (Å²) in [5, 5.41) is 11.7. The minimum absolute atomic E-state index is 0.300. The van der Waals surface area contributed by atoms with Crippen LogP contribution in [0.3, 0.4) is 0 Å². The molecule has 0 aliphatic carbocycles. The van der Waals surface area contributed by atoms with Gasteiger partial charge < -0.3 is 19.9 Å². The Hall–Kier alpha value is -2.24. The molecule has 0 unspecified atom stereocenters. The number of amides is 1. The predicted octanol–water partition coefficient (Wildman–Crippen LogP) is 2.08. The van der Waals surface area contributed by atoms with Gasteiger partial charge >= 0.3 is 5.97 Å². The maximum atomic E-state index is 12.2. The molecule has 0 aromatic heterocycles. The van der Waals surface area contributed by atoms with Gasteiger partial charge in [-0.25, -0.2) is 4.79 Å². The van der Waals surface area contributed by atoms with Gasteiger partial charge in [0.1, 0.15) is 17.5 Å². The van der Waals surface area contributed by atoms with Crippen LogP contribution in [-0.4, -0.2) is 37.2 Å². The number of aliphatic carboxylic acids is 1. The number of nitrogens with one attached hydrogen (secondary N) is 1. The van der Waals surface area contributed by atoms with Crippen molar-refractivity contribution in [1.82, 2.24) is 5.32 Å². The van der Waals surface area contributed by atoms with Crippen LogP contribution >= 0.6 is 0 Å². The molecule has 6 heteroatoms. The Morgan fingerprint density at radius 1 is 1.19 bits per heavy atom. The van der Waals surface area contributed by atoms with Gasteiger partial charge in [0.05, 0.1) is 14.2 Å². The average molecular weight is 295 g/mol. The molecule has 1 amide bonds. The Bertz CT molecular complexity index is 479. The molecule has 0 fully saturated rings. The molecule has 2 N–H and O–H groups in total. The summed E-state index contributed by atoms with van der Waals surface area (Å²) in [7, 11) is 2.97. The van der Waals surface area contributed by atoms with Crippen molar-refractivity contribution in [3.05, 3.63) is 23.8 Å². The van der Waals surface area contributed by atoms with Crippen molar-refractivity contribution in [2.24, 2.45) is 0 Å². The van der Waals surface area contributed by atoms with Crippen molar-refractivity contribution in [1.29, 1.82) is 0 Å². The number of carbonyl (C=O) groups is 2. The van der Waals surface area contributed by atoms with E-state index in [9.17, 15) is 9.59 Å². The third kappa shape index (κ3) is 4.98. The summed E-state index contributed by atoms with van der Waals surface area (Å²) in [6.07, 6.45) is 2.00. The maximum absolute atomic E-state index is 12.2. The second kappa shape index (κ2) is 8.14. The van der Waals surface area contributed by atoms with Gasteiger partial charge in [-0.05, 0) is 18.6 Å².